The summed E-state index contributed by atoms with van der Waals surface area (Å²) in [5.74, 6) is 0.158. The lowest BCUT2D eigenvalue weighted by Gasteiger charge is -2.19. The van der Waals surface area contributed by atoms with Crippen LogP contribution in [0.5, 0.6) is 0 Å². The zero-order chi connectivity index (χ0) is 18.2. The van der Waals surface area contributed by atoms with Crippen LogP contribution in [0.3, 0.4) is 0 Å². The average molecular weight is 492 g/mol. The fourth-order valence-corrected chi connectivity index (χ4v) is 3.63. The first-order chi connectivity index (χ1) is 11.2. The van der Waals surface area contributed by atoms with Crippen LogP contribution in [-0.2, 0) is 9.53 Å². The maximum Gasteiger partial charge on any atom is 0.316 e. The van der Waals surface area contributed by atoms with Crippen molar-refractivity contribution in [2.24, 2.45) is 0 Å². The molecule has 130 valence electrons. The number of thiol groups is 1. The third kappa shape index (κ3) is 10.4. The summed E-state index contributed by atoms with van der Waals surface area (Å²) in [6.45, 7) is 5.61. The van der Waals surface area contributed by atoms with Gasteiger partial charge < -0.3 is 4.74 Å². The van der Waals surface area contributed by atoms with Crippen LogP contribution >= 0.6 is 56.3 Å². The first-order valence-corrected chi connectivity index (χ1v) is 10.2. The number of carbonyl (C=O) groups is 1. The number of benzene rings is 2. The first kappa shape index (κ1) is 21.6. The highest BCUT2D eigenvalue weighted by atomic mass is 79.9. The molecule has 0 aliphatic carbocycles. The van der Waals surface area contributed by atoms with Gasteiger partial charge >= 0.3 is 5.97 Å². The molecule has 0 saturated carbocycles. The highest BCUT2D eigenvalue weighted by molar-refractivity contribution is 9.10. The predicted octanol–water partition coefficient (Wildman–Crippen LogP) is 6.62. The third-order valence-electron chi connectivity index (χ3n) is 2.38. The van der Waals surface area contributed by atoms with Gasteiger partial charge in [-0.05, 0) is 57.2 Å². The Labute approximate surface area is 170 Å². The van der Waals surface area contributed by atoms with Gasteiger partial charge in [0.1, 0.15) is 5.60 Å². The van der Waals surface area contributed by atoms with Crippen LogP contribution in [0.15, 0.2) is 67.3 Å². The first-order valence-electron chi connectivity index (χ1n) is 7.20. The molecular formula is C18H20Br2O2S2. The van der Waals surface area contributed by atoms with E-state index in [1.165, 1.54) is 11.8 Å². The zero-order valence-electron chi connectivity index (χ0n) is 13.8. The van der Waals surface area contributed by atoms with Crippen LogP contribution in [0, 0.1) is 0 Å². The average Bonchev–Trinajstić information content (AvgIpc) is 2.44. The van der Waals surface area contributed by atoms with Crippen molar-refractivity contribution in [3.05, 3.63) is 57.5 Å². The van der Waals surface area contributed by atoms with Gasteiger partial charge in [-0.25, -0.2) is 0 Å². The van der Waals surface area contributed by atoms with E-state index in [2.05, 4.69) is 44.5 Å². The minimum Gasteiger partial charge on any atom is -0.459 e. The molecule has 2 nitrogen and oxygen atoms in total. The lowest BCUT2D eigenvalue weighted by atomic mass is 10.2. The van der Waals surface area contributed by atoms with Crippen LogP contribution in [0.2, 0.25) is 0 Å². The summed E-state index contributed by atoms with van der Waals surface area (Å²) in [6.07, 6.45) is 0. The molecule has 0 aliphatic heterocycles. The van der Waals surface area contributed by atoms with Crippen LogP contribution in [0.4, 0.5) is 0 Å². The highest BCUT2D eigenvalue weighted by Crippen LogP contribution is 2.22. The van der Waals surface area contributed by atoms with Crippen LogP contribution in [-0.4, -0.2) is 17.3 Å². The normalized spacial score (nSPS) is 10.6. The van der Waals surface area contributed by atoms with Crippen LogP contribution in [0.1, 0.15) is 20.8 Å². The second-order valence-electron chi connectivity index (χ2n) is 5.81. The Hall–Kier alpha value is -0.430. The fourth-order valence-electron chi connectivity index (χ4n) is 1.55. The lowest BCUT2D eigenvalue weighted by molar-refractivity contribution is -0.151. The van der Waals surface area contributed by atoms with Crippen molar-refractivity contribution in [2.45, 2.75) is 36.2 Å². The van der Waals surface area contributed by atoms with E-state index in [0.29, 0.717) is 5.75 Å². The van der Waals surface area contributed by atoms with Gasteiger partial charge in [-0.2, -0.15) is 0 Å². The molecule has 0 saturated heterocycles. The van der Waals surface area contributed by atoms with E-state index in [1.54, 1.807) is 0 Å². The standard InChI is InChI=1S/C12H15BrO2S.C6H5BrS/c1-12(2,3)15-11(14)8-16-10-6-4-5-9(13)7-10;7-5-2-1-3-6(8)4-5/h4-7H,8H2,1-3H3;1-4,8H. The Kier molecular flexibility index (Phi) is 9.49. The molecule has 0 N–H and O–H groups in total. The van der Waals surface area contributed by atoms with Gasteiger partial charge in [-0.3, -0.25) is 4.79 Å². The molecule has 0 unspecified atom stereocenters. The lowest BCUT2D eigenvalue weighted by Crippen LogP contribution is -2.24. The van der Waals surface area contributed by atoms with E-state index in [1.807, 2.05) is 69.3 Å². The van der Waals surface area contributed by atoms with Crippen molar-refractivity contribution in [2.75, 3.05) is 5.75 Å². The minimum atomic E-state index is -0.408. The van der Waals surface area contributed by atoms with Gasteiger partial charge in [0.2, 0.25) is 0 Å². The maximum absolute atomic E-state index is 11.5. The Bertz CT molecular complexity index is 653. The van der Waals surface area contributed by atoms with Crippen LogP contribution < -0.4 is 0 Å². The molecule has 0 radical (unpaired) electrons. The fraction of sp³-hybridized carbons (Fsp3) is 0.278. The molecule has 6 heteroatoms. The zero-order valence-corrected chi connectivity index (χ0v) is 18.6. The Morgan fingerprint density at radius 3 is 2.12 bits per heavy atom. The van der Waals surface area contributed by atoms with Crippen molar-refractivity contribution in [1.29, 1.82) is 0 Å². The summed E-state index contributed by atoms with van der Waals surface area (Å²) in [4.78, 5) is 13.5. The second kappa shape index (κ2) is 10.5. The third-order valence-corrected chi connectivity index (χ3v) is 4.61. The molecule has 0 fully saturated rings. The topological polar surface area (TPSA) is 26.3 Å². The van der Waals surface area contributed by atoms with E-state index in [-0.39, 0.29) is 5.97 Å². The molecule has 24 heavy (non-hydrogen) atoms. The number of thioether (sulfide) groups is 1. The molecule has 0 spiro atoms. The molecule has 0 atom stereocenters. The molecule has 0 aromatic heterocycles. The monoisotopic (exact) mass is 490 g/mol. The minimum absolute atomic E-state index is 0.183. The van der Waals surface area contributed by atoms with Gasteiger partial charge in [0.15, 0.2) is 0 Å². The summed E-state index contributed by atoms with van der Waals surface area (Å²) < 4.78 is 7.31. The predicted molar refractivity (Wildman–Crippen MR) is 112 cm³/mol. The van der Waals surface area contributed by atoms with Gasteiger partial charge in [0.25, 0.3) is 0 Å². The molecule has 0 heterocycles. The molecule has 0 aliphatic rings. The second-order valence-corrected chi connectivity index (χ2v) is 9.21. The summed E-state index contributed by atoms with van der Waals surface area (Å²) in [7, 11) is 0. The van der Waals surface area contributed by atoms with Gasteiger partial charge in [0, 0.05) is 18.7 Å². The van der Waals surface area contributed by atoms with Crippen molar-refractivity contribution < 1.29 is 9.53 Å². The summed E-state index contributed by atoms with van der Waals surface area (Å²) >= 11 is 12.3. The SMILES string of the molecule is CC(C)(C)OC(=O)CSc1cccc(Br)c1.Sc1cccc(Br)c1. The van der Waals surface area contributed by atoms with E-state index < -0.39 is 5.60 Å². The molecule has 2 aromatic rings. The number of halogens is 2. The molecule has 2 rings (SSSR count). The number of hydrogen-bond donors (Lipinski definition) is 1. The quantitative estimate of drug-likeness (QED) is 0.296. The van der Waals surface area contributed by atoms with Crippen molar-refractivity contribution in [3.63, 3.8) is 0 Å². The Morgan fingerprint density at radius 1 is 1.08 bits per heavy atom. The largest absolute Gasteiger partial charge is 0.459 e. The van der Waals surface area contributed by atoms with Crippen LogP contribution in [0.25, 0.3) is 0 Å². The van der Waals surface area contributed by atoms with Gasteiger partial charge in [0.05, 0.1) is 5.75 Å². The Balaban J connectivity index is 0.000000300. The maximum atomic E-state index is 11.5. The number of carbonyl (C=O) groups excluding carboxylic acids is 1. The number of ether oxygens (including phenoxy) is 1. The van der Waals surface area contributed by atoms with E-state index in [9.17, 15) is 4.79 Å². The summed E-state index contributed by atoms with van der Waals surface area (Å²) in [5, 5.41) is 0. The summed E-state index contributed by atoms with van der Waals surface area (Å²) in [6, 6.07) is 15.7. The van der Waals surface area contributed by atoms with Crippen molar-refractivity contribution in [1.82, 2.24) is 0 Å². The van der Waals surface area contributed by atoms with Crippen molar-refractivity contribution >= 4 is 62.2 Å². The van der Waals surface area contributed by atoms with Crippen molar-refractivity contribution in [3.8, 4) is 0 Å². The molecule has 0 bridgehead atoms. The van der Waals surface area contributed by atoms with E-state index >= 15 is 0 Å². The number of rotatable bonds is 3. The van der Waals surface area contributed by atoms with Gasteiger partial charge in [-0.15, -0.1) is 24.4 Å². The van der Waals surface area contributed by atoms with Gasteiger partial charge in [-0.1, -0.05) is 44.0 Å². The van der Waals surface area contributed by atoms with E-state index in [0.717, 1.165) is 18.7 Å². The molecule has 0 amide bonds. The molecule has 2 aromatic carbocycles. The number of esters is 1. The van der Waals surface area contributed by atoms with E-state index in [4.69, 9.17) is 4.74 Å². The Morgan fingerprint density at radius 2 is 1.67 bits per heavy atom. The smallest absolute Gasteiger partial charge is 0.316 e. The number of hydrogen-bond acceptors (Lipinski definition) is 4. The highest BCUT2D eigenvalue weighted by Gasteiger charge is 2.16. The molecular weight excluding hydrogens is 472 g/mol. The summed E-state index contributed by atoms with van der Waals surface area (Å²) in [5.41, 5.74) is -0.408.